The summed E-state index contributed by atoms with van der Waals surface area (Å²) in [4.78, 5) is 24.4. The number of carbonyl (C=O) groups is 2. The number of nitrogens with zero attached hydrogens (tertiary/aromatic N) is 1. The molecule has 0 unspecified atom stereocenters. The lowest BCUT2D eigenvalue weighted by Gasteiger charge is -2.20. The zero-order chi connectivity index (χ0) is 16.8. The van der Waals surface area contributed by atoms with Crippen molar-refractivity contribution in [1.82, 2.24) is 10.5 Å². The predicted molar refractivity (Wildman–Crippen MR) is 83.6 cm³/mol. The first-order valence-electron chi connectivity index (χ1n) is 7.42. The van der Waals surface area contributed by atoms with Gasteiger partial charge in [0.05, 0.1) is 5.69 Å². The second kappa shape index (κ2) is 7.58. The van der Waals surface area contributed by atoms with Gasteiger partial charge in [-0.15, -0.1) is 0 Å². The lowest BCUT2D eigenvalue weighted by atomic mass is 10.0. The number of hydrogen-bond acceptors (Lipinski definition) is 5. The van der Waals surface area contributed by atoms with E-state index in [1.807, 2.05) is 19.9 Å². The first-order chi connectivity index (χ1) is 11.0. The molecule has 0 saturated heterocycles. The van der Waals surface area contributed by atoms with Crippen molar-refractivity contribution in [2.45, 2.75) is 33.4 Å². The Labute approximate surface area is 134 Å². The molecule has 6 nitrogen and oxygen atoms in total. The number of hydrogen-bond donors (Lipinski definition) is 1. The molecule has 0 saturated carbocycles. The summed E-state index contributed by atoms with van der Waals surface area (Å²) in [5, 5.41) is 6.44. The number of aryl methyl sites for hydroxylation is 1. The Morgan fingerprint density at radius 1 is 1.26 bits per heavy atom. The Kier molecular flexibility index (Phi) is 5.51. The van der Waals surface area contributed by atoms with Crippen LogP contribution in [-0.2, 0) is 16.1 Å². The van der Waals surface area contributed by atoms with Crippen LogP contribution >= 0.6 is 0 Å². The Bertz CT molecular complexity index is 664. The van der Waals surface area contributed by atoms with E-state index >= 15 is 0 Å². The molecule has 1 amide bonds. The second-order valence-corrected chi connectivity index (χ2v) is 5.60. The van der Waals surface area contributed by atoms with Gasteiger partial charge in [0, 0.05) is 11.6 Å². The Morgan fingerprint density at radius 3 is 2.52 bits per heavy atom. The first-order valence-corrected chi connectivity index (χ1v) is 7.42. The third kappa shape index (κ3) is 4.67. The van der Waals surface area contributed by atoms with Crippen molar-refractivity contribution >= 4 is 11.9 Å². The van der Waals surface area contributed by atoms with E-state index in [0.717, 1.165) is 0 Å². The molecule has 1 aromatic heterocycles. The lowest BCUT2D eigenvalue weighted by Crippen LogP contribution is -2.45. The Morgan fingerprint density at radius 2 is 1.96 bits per heavy atom. The number of amides is 1. The molecule has 0 aliphatic carbocycles. The van der Waals surface area contributed by atoms with E-state index < -0.39 is 12.0 Å². The smallest absolute Gasteiger partial charge is 0.329 e. The SMILES string of the molecule is Cc1cc(COC(=O)[C@@H](NC(=O)c2ccccc2)C(C)C)on1. The fourth-order valence-electron chi connectivity index (χ4n) is 2.03. The quantitative estimate of drug-likeness (QED) is 0.828. The molecule has 1 N–H and O–H groups in total. The largest absolute Gasteiger partial charge is 0.456 e. The highest BCUT2D eigenvalue weighted by Gasteiger charge is 2.26. The molecule has 23 heavy (non-hydrogen) atoms. The second-order valence-electron chi connectivity index (χ2n) is 5.60. The maximum Gasteiger partial charge on any atom is 0.329 e. The van der Waals surface area contributed by atoms with E-state index in [4.69, 9.17) is 9.26 Å². The summed E-state index contributed by atoms with van der Waals surface area (Å²) in [6, 6.07) is 9.70. The van der Waals surface area contributed by atoms with E-state index in [0.29, 0.717) is 17.0 Å². The van der Waals surface area contributed by atoms with Crippen molar-refractivity contribution in [3.8, 4) is 0 Å². The van der Waals surface area contributed by atoms with Gasteiger partial charge in [0.2, 0.25) is 0 Å². The van der Waals surface area contributed by atoms with Crippen LogP contribution in [0, 0.1) is 12.8 Å². The van der Waals surface area contributed by atoms with Gasteiger partial charge in [-0.1, -0.05) is 37.2 Å². The van der Waals surface area contributed by atoms with Gasteiger partial charge < -0.3 is 14.6 Å². The molecule has 0 bridgehead atoms. The Balaban J connectivity index is 1.97. The van der Waals surface area contributed by atoms with Gasteiger partial charge in [-0.05, 0) is 25.0 Å². The third-order valence-corrected chi connectivity index (χ3v) is 3.28. The topological polar surface area (TPSA) is 81.4 Å². The molecule has 0 spiro atoms. The standard InChI is InChI=1S/C17H20N2O4/c1-11(2)15(18-16(20)13-7-5-4-6-8-13)17(21)22-10-14-9-12(3)19-23-14/h4-9,11,15H,10H2,1-3H3,(H,18,20)/t15-/m0/s1. The molecule has 1 aromatic carbocycles. The van der Waals surface area contributed by atoms with E-state index in [-0.39, 0.29) is 18.4 Å². The van der Waals surface area contributed by atoms with Crippen LogP contribution in [0.2, 0.25) is 0 Å². The molecule has 1 heterocycles. The molecule has 0 fully saturated rings. The van der Waals surface area contributed by atoms with Crippen LogP contribution in [0.5, 0.6) is 0 Å². The zero-order valence-electron chi connectivity index (χ0n) is 13.4. The van der Waals surface area contributed by atoms with Crippen LogP contribution in [0.15, 0.2) is 40.9 Å². The molecule has 0 radical (unpaired) electrons. The number of rotatable bonds is 6. The van der Waals surface area contributed by atoms with Crippen LogP contribution in [0.4, 0.5) is 0 Å². The molecule has 122 valence electrons. The summed E-state index contributed by atoms with van der Waals surface area (Å²) >= 11 is 0. The van der Waals surface area contributed by atoms with E-state index in [1.165, 1.54) is 0 Å². The van der Waals surface area contributed by atoms with E-state index in [2.05, 4.69) is 10.5 Å². The van der Waals surface area contributed by atoms with Gasteiger partial charge in [0.25, 0.3) is 5.91 Å². The van der Waals surface area contributed by atoms with Crippen molar-refractivity contribution in [2.24, 2.45) is 5.92 Å². The van der Waals surface area contributed by atoms with Crippen LogP contribution in [-0.4, -0.2) is 23.1 Å². The molecular formula is C17H20N2O4. The summed E-state index contributed by atoms with van der Waals surface area (Å²) < 4.78 is 10.2. The molecule has 2 aromatic rings. The summed E-state index contributed by atoms with van der Waals surface area (Å²) in [6.45, 7) is 5.46. The number of benzene rings is 1. The zero-order valence-corrected chi connectivity index (χ0v) is 13.4. The molecule has 0 aliphatic heterocycles. The van der Waals surface area contributed by atoms with Crippen LogP contribution < -0.4 is 5.32 Å². The maximum absolute atomic E-state index is 12.2. The number of nitrogens with one attached hydrogen (secondary N) is 1. The minimum absolute atomic E-state index is 0.00982. The van der Waals surface area contributed by atoms with Gasteiger partial charge in [-0.3, -0.25) is 4.79 Å². The summed E-state index contributed by atoms with van der Waals surface area (Å²) in [7, 11) is 0. The molecule has 1 atom stereocenters. The summed E-state index contributed by atoms with van der Waals surface area (Å²) in [5.41, 5.74) is 1.21. The average Bonchev–Trinajstić information content (AvgIpc) is 2.96. The van der Waals surface area contributed by atoms with Crippen LogP contribution in [0.1, 0.15) is 35.7 Å². The number of aromatic nitrogens is 1. The highest BCUT2D eigenvalue weighted by atomic mass is 16.6. The minimum Gasteiger partial charge on any atom is -0.456 e. The molecule has 0 aliphatic rings. The number of ether oxygens (including phenoxy) is 1. The third-order valence-electron chi connectivity index (χ3n) is 3.28. The molecule has 2 rings (SSSR count). The van der Waals surface area contributed by atoms with Crippen LogP contribution in [0.25, 0.3) is 0 Å². The molecular weight excluding hydrogens is 296 g/mol. The van der Waals surface area contributed by atoms with E-state index in [1.54, 1.807) is 37.3 Å². The molecule has 6 heteroatoms. The number of carbonyl (C=O) groups excluding carboxylic acids is 2. The fraction of sp³-hybridized carbons (Fsp3) is 0.353. The van der Waals surface area contributed by atoms with Gasteiger partial charge in [-0.2, -0.15) is 0 Å². The normalized spacial score (nSPS) is 12.0. The van der Waals surface area contributed by atoms with E-state index in [9.17, 15) is 9.59 Å². The van der Waals surface area contributed by atoms with Crippen molar-refractivity contribution in [1.29, 1.82) is 0 Å². The van der Waals surface area contributed by atoms with Crippen molar-refractivity contribution in [3.05, 3.63) is 53.4 Å². The fourth-order valence-corrected chi connectivity index (χ4v) is 2.03. The first kappa shape index (κ1) is 16.7. The predicted octanol–water partition coefficient (Wildman–Crippen LogP) is 2.48. The maximum atomic E-state index is 12.2. The Hall–Kier alpha value is -2.63. The number of esters is 1. The highest BCUT2D eigenvalue weighted by molar-refractivity contribution is 5.96. The van der Waals surface area contributed by atoms with Gasteiger partial charge in [0.1, 0.15) is 6.04 Å². The summed E-state index contributed by atoms with van der Waals surface area (Å²) in [5.74, 6) is -0.450. The minimum atomic E-state index is -0.730. The van der Waals surface area contributed by atoms with Gasteiger partial charge >= 0.3 is 5.97 Å². The summed E-state index contributed by atoms with van der Waals surface area (Å²) in [6.07, 6.45) is 0. The monoisotopic (exact) mass is 316 g/mol. The highest BCUT2D eigenvalue weighted by Crippen LogP contribution is 2.09. The van der Waals surface area contributed by atoms with Gasteiger partial charge in [-0.25, -0.2) is 4.79 Å². The van der Waals surface area contributed by atoms with Crippen molar-refractivity contribution in [2.75, 3.05) is 0 Å². The van der Waals surface area contributed by atoms with Gasteiger partial charge in [0.15, 0.2) is 12.4 Å². The van der Waals surface area contributed by atoms with Crippen molar-refractivity contribution in [3.63, 3.8) is 0 Å². The average molecular weight is 316 g/mol. The van der Waals surface area contributed by atoms with Crippen LogP contribution in [0.3, 0.4) is 0 Å². The van der Waals surface area contributed by atoms with Crippen molar-refractivity contribution < 1.29 is 18.8 Å². The lowest BCUT2D eigenvalue weighted by molar-refractivity contribution is -0.149.